The lowest BCUT2D eigenvalue weighted by Gasteiger charge is -2.16. The Kier molecular flexibility index (Phi) is 5.10. The molecule has 3 amide bonds. The van der Waals surface area contributed by atoms with Crippen LogP contribution in [-0.2, 0) is 9.59 Å². The average molecular weight is 447 g/mol. The second-order valence-corrected chi connectivity index (χ2v) is 7.29. The normalized spacial score (nSPS) is 13.8. The lowest BCUT2D eigenvalue weighted by molar-refractivity contribution is -0.138. The Balaban J connectivity index is 1.73. The molecular formula is C23H15BrN2O3. The van der Waals surface area contributed by atoms with E-state index in [9.17, 15) is 14.4 Å². The summed E-state index contributed by atoms with van der Waals surface area (Å²) in [6, 6.07) is 24.6. The summed E-state index contributed by atoms with van der Waals surface area (Å²) < 4.78 is 0.821. The number of rotatable bonds is 4. The van der Waals surface area contributed by atoms with E-state index >= 15 is 0 Å². The molecule has 142 valence electrons. The largest absolute Gasteiger partial charge is 0.281 e. The molecule has 5 nitrogen and oxygen atoms in total. The van der Waals surface area contributed by atoms with Crippen LogP contribution in [0.2, 0.25) is 0 Å². The van der Waals surface area contributed by atoms with Crippen LogP contribution in [0.25, 0.3) is 11.1 Å². The minimum atomic E-state index is -0.564. The van der Waals surface area contributed by atoms with Crippen molar-refractivity contribution in [1.29, 1.82) is 0 Å². The minimum absolute atomic E-state index is 0.262. The van der Waals surface area contributed by atoms with Crippen LogP contribution in [0.15, 0.2) is 89.4 Å². The van der Waals surface area contributed by atoms with Crippen molar-refractivity contribution in [2.24, 2.45) is 0 Å². The first-order valence-electron chi connectivity index (χ1n) is 8.86. The van der Waals surface area contributed by atoms with E-state index in [2.05, 4.69) is 21.4 Å². The van der Waals surface area contributed by atoms with Crippen LogP contribution in [0.5, 0.6) is 0 Å². The molecule has 1 aliphatic rings. The Morgan fingerprint density at radius 3 is 1.59 bits per heavy atom. The van der Waals surface area contributed by atoms with Gasteiger partial charge in [0.1, 0.15) is 0 Å². The summed E-state index contributed by atoms with van der Waals surface area (Å²) in [4.78, 5) is 38.9. The number of hydrogen-bond acceptors (Lipinski definition) is 3. The summed E-state index contributed by atoms with van der Waals surface area (Å²) in [7, 11) is 0. The number of carbonyl (C=O) groups is 3. The van der Waals surface area contributed by atoms with Crippen molar-refractivity contribution in [2.45, 2.75) is 0 Å². The molecule has 29 heavy (non-hydrogen) atoms. The van der Waals surface area contributed by atoms with E-state index in [1.807, 2.05) is 12.1 Å². The molecule has 3 aromatic carbocycles. The van der Waals surface area contributed by atoms with Gasteiger partial charge in [-0.1, -0.05) is 76.6 Å². The van der Waals surface area contributed by atoms with Crippen molar-refractivity contribution in [3.8, 4) is 0 Å². The lowest BCUT2D eigenvalue weighted by Crippen LogP contribution is -2.46. The van der Waals surface area contributed by atoms with Crippen molar-refractivity contribution < 1.29 is 14.4 Å². The van der Waals surface area contributed by atoms with Crippen LogP contribution < -0.4 is 5.43 Å². The Morgan fingerprint density at radius 2 is 1.14 bits per heavy atom. The molecule has 0 aromatic heterocycles. The van der Waals surface area contributed by atoms with Gasteiger partial charge >= 0.3 is 0 Å². The molecule has 0 saturated heterocycles. The molecule has 1 N–H and O–H groups in total. The van der Waals surface area contributed by atoms with E-state index in [-0.39, 0.29) is 11.1 Å². The summed E-state index contributed by atoms with van der Waals surface area (Å²) in [6.07, 6.45) is 0. The molecule has 6 heteroatoms. The fraction of sp³-hybridized carbons (Fsp3) is 0. The third kappa shape index (κ3) is 3.62. The lowest BCUT2D eigenvalue weighted by atomic mass is 9.96. The van der Waals surface area contributed by atoms with E-state index < -0.39 is 17.7 Å². The van der Waals surface area contributed by atoms with Crippen LogP contribution >= 0.6 is 15.9 Å². The molecule has 0 fully saturated rings. The fourth-order valence-corrected chi connectivity index (χ4v) is 3.41. The number of hydrazine groups is 1. The molecule has 1 heterocycles. The highest BCUT2D eigenvalue weighted by Crippen LogP contribution is 2.34. The molecule has 0 saturated carbocycles. The quantitative estimate of drug-likeness (QED) is 0.614. The molecule has 0 unspecified atom stereocenters. The van der Waals surface area contributed by atoms with Crippen molar-refractivity contribution >= 4 is 44.8 Å². The molecule has 0 aliphatic carbocycles. The number of amides is 3. The predicted molar refractivity (Wildman–Crippen MR) is 113 cm³/mol. The van der Waals surface area contributed by atoms with Gasteiger partial charge in [-0.3, -0.25) is 19.8 Å². The Bertz CT molecular complexity index is 1060. The highest BCUT2D eigenvalue weighted by molar-refractivity contribution is 9.10. The van der Waals surface area contributed by atoms with Gasteiger partial charge in [-0.25, -0.2) is 0 Å². The maximum atomic E-state index is 13.1. The minimum Gasteiger partial charge on any atom is -0.267 e. The fourth-order valence-electron chi connectivity index (χ4n) is 3.14. The molecule has 1 aliphatic heterocycles. The van der Waals surface area contributed by atoms with Crippen molar-refractivity contribution in [1.82, 2.24) is 10.4 Å². The number of carbonyl (C=O) groups excluding carboxylic acids is 3. The third-order valence-electron chi connectivity index (χ3n) is 4.53. The van der Waals surface area contributed by atoms with E-state index in [0.29, 0.717) is 16.7 Å². The van der Waals surface area contributed by atoms with E-state index in [0.717, 1.165) is 9.48 Å². The highest BCUT2D eigenvalue weighted by Gasteiger charge is 2.40. The first-order chi connectivity index (χ1) is 14.1. The van der Waals surface area contributed by atoms with Gasteiger partial charge in [0.15, 0.2) is 0 Å². The monoisotopic (exact) mass is 446 g/mol. The zero-order chi connectivity index (χ0) is 20.4. The third-order valence-corrected chi connectivity index (χ3v) is 5.06. The van der Waals surface area contributed by atoms with Gasteiger partial charge in [0.05, 0.1) is 11.1 Å². The Hall–Kier alpha value is -3.51. The van der Waals surface area contributed by atoms with Crippen molar-refractivity contribution in [3.05, 3.63) is 106 Å². The van der Waals surface area contributed by atoms with Gasteiger partial charge in [-0.2, -0.15) is 5.01 Å². The molecule has 0 spiro atoms. The average Bonchev–Trinajstić information content (AvgIpc) is 3.00. The summed E-state index contributed by atoms with van der Waals surface area (Å²) in [5.41, 5.74) is 4.54. The zero-order valence-electron chi connectivity index (χ0n) is 15.1. The van der Waals surface area contributed by atoms with Crippen LogP contribution in [0.3, 0.4) is 0 Å². The summed E-state index contributed by atoms with van der Waals surface area (Å²) >= 11 is 3.31. The van der Waals surface area contributed by atoms with Gasteiger partial charge in [0.25, 0.3) is 17.7 Å². The summed E-state index contributed by atoms with van der Waals surface area (Å²) in [5, 5.41) is 0.787. The number of hydrogen-bond donors (Lipinski definition) is 1. The number of imide groups is 1. The molecule has 4 rings (SSSR count). The summed E-state index contributed by atoms with van der Waals surface area (Å²) in [6.45, 7) is 0. The first kappa shape index (κ1) is 18.8. The number of halogens is 1. The van der Waals surface area contributed by atoms with Crippen LogP contribution in [-0.4, -0.2) is 22.7 Å². The van der Waals surface area contributed by atoms with Crippen LogP contribution in [0.1, 0.15) is 21.5 Å². The maximum Gasteiger partial charge on any atom is 0.281 e. The van der Waals surface area contributed by atoms with E-state index in [4.69, 9.17) is 0 Å². The van der Waals surface area contributed by atoms with Crippen molar-refractivity contribution in [2.75, 3.05) is 0 Å². The first-order valence-corrected chi connectivity index (χ1v) is 9.66. The molecular weight excluding hydrogens is 432 g/mol. The molecule has 0 atom stereocenters. The molecule has 3 aromatic rings. The second kappa shape index (κ2) is 7.85. The topological polar surface area (TPSA) is 66.5 Å². The Morgan fingerprint density at radius 1 is 0.690 bits per heavy atom. The molecule has 0 radical (unpaired) electrons. The van der Waals surface area contributed by atoms with Gasteiger partial charge in [-0.05, 0) is 35.4 Å². The van der Waals surface area contributed by atoms with Crippen LogP contribution in [0.4, 0.5) is 0 Å². The SMILES string of the molecule is O=C(NN1C(=O)C(c2ccccc2)=C(c2ccccc2)C1=O)c1ccc(Br)cc1. The summed E-state index contributed by atoms with van der Waals surface area (Å²) in [5.74, 6) is -1.67. The van der Waals surface area contributed by atoms with Gasteiger partial charge in [0, 0.05) is 10.0 Å². The van der Waals surface area contributed by atoms with Gasteiger partial charge in [0.2, 0.25) is 0 Å². The second-order valence-electron chi connectivity index (χ2n) is 6.38. The van der Waals surface area contributed by atoms with E-state index in [1.54, 1.807) is 72.8 Å². The maximum absolute atomic E-state index is 13.1. The van der Waals surface area contributed by atoms with Crippen molar-refractivity contribution in [3.63, 3.8) is 0 Å². The smallest absolute Gasteiger partial charge is 0.267 e. The highest BCUT2D eigenvalue weighted by atomic mass is 79.9. The molecule has 0 bridgehead atoms. The van der Waals surface area contributed by atoms with E-state index in [1.165, 1.54) is 0 Å². The number of benzene rings is 3. The predicted octanol–water partition coefficient (Wildman–Crippen LogP) is 4.07. The van der Waals surface area contributed by atoms with Crippen LogP contribution in [0, 0.1) is 0 Å². The Labute approximate surface area is 175 Å². The number of nitrogens with zero attached hydrogens (tertiary/aromatic N) is 1. The number of nitrogens with one attached hydrogen (secondary N) is 1. The standard InChI is InChI=1S/C23H15BrN2O3/c24-18-13-11-17(12-14-18)21(27)25-26-22(28)19(15-7-3-1-4-8-15)20(23(26)29)16-9-5-2-6-10-16/h1-14H,(H,25,27). The van der Waals surface area contributed by atoms with Gasteiger partial charge in [-0.15, -0.1) is 0 Å². The zero-order valence-corrected chi connectivity index (χ0v) is 16.7. The van der Waals surface area contributed by atoms with Gasteiger partial charge < -0.3 is 0 Å².